The summed E-state index contributed by atoms with van der Waals surface area (Å²) in [6, 6.07) is 8.52. The number of ketones is 1. The van der Waals surface area contributed by atoms with E-state index in [4.69, 9.17) is 2.74 Å². The molecular formula is C22H19FN4O. The van der Waals surface area contributed by atoms with Gasteiger partial charge in [-0.3, -0.25) is 14.8 Å². The Bertz CT molecular complexity index is 1250. The summed E-state index contributed by atoms with van der Waals surface area (Å²) < 4.78 is 31.4. The van der Waals surface area contributed by atoms with E-state index in [0.29, 0.717) is 5.69 Å². The number of fused-ring (bicyclic) bond motifs is 1. The van der Waals surface area contributed by atoms with Gasteiger partial charge in [0, 0.05) is 46.1 Å². The fraction of sp³-hybridized carbons (Fsp3) is 0.182. The van der Waals surface area contributed by atoms with E-state index in [0.717, 1.165) is 40.1 Å². The van der Waals surface area contributed by atoms with E-state index in [1.54, 1.807) is 24.7 Å². The second-order valence-corrected chi connectivity index (χ2v) is 6.57. The first-order valence-corrected chi connectivity index (χ1v) is 8.78. The second kappa shape index (κ2) is 7.31. The molecule has 0 saturated heterocycles. The molecule has 0 amide bonds. The molecule has 5 nitrogen and oxygen atoms in total. The van der Waals surface area contributed by atoms with Crippen LogP contribution in [0.5, 0.6) is 0 Å². The molecule has 0 atom stereocenters. The first-order valence-electron chi connectivity index (χ1n) is 9.78. The quantitative estimate of drug-likeness (QED) is 0.531. The van der Waals surface area contributed by atoms with Crippen LogP contribution in [0.3, 0.4) is 0 Å². The number of pyridine rings is 2. The van der Waals surface area contributed by atoms with Gasteiger partial charge in [-0.15, -0.1) is 0 Å². The van der Waals surface area contributed by atoms with Crippen molar-refractivity contribution in [3.63, 3.8) is 0 Å². The van der Waals surface area contributed by atoms with Crippen molar-refractivity contribution in [3.05, 3.63) is 77.9 Å². The van der Waals surface area contributed by atoms with Crippen LogP contribution in [-0.4, -0.2) is 25.3 Å². The fourth-order valence-corrected chi connectivity index (χ4v) is 2.96. The van der Waals surface area contributed by atoms with E-state index in [1.165, 1.54) is 12.1 Å². The summed E-state index contributed by atoms with van der Waals surface area (Å²) >= 11 is 0. The zero-order valence-electron chi connectivity index (χ0n) is 17.5. The number of imidazole rings is 1. The minimum atomic E-state index is -2.24. The molecule has 0 aliphatic rings. The minimum Gasteiger partial charge on any atom is -0.330 e. The lowest BCUT2D eigenvalue weighted by molar-refractivity contribution is -0.117. The van der Waals surface area contributed by atoms with Crippen molar-refractivity contribution in [2.24, 2.45) is 7.05 Å². The van der Waals surface area contributed by atoms with Gasteiger partial charge < -0.3 is 4.57 Å². The number of rotatable bonds is 5. The van der Waals surface area contributed by atoms with Gasteiger partial charge in [0.2, 0.25) is 0 Å². The van der Waals surface area contributed by atoms with Gasteiger partial charge in [-0.05, 0) is 42.1 Å². The number of aromatic nitrogens is 4. The van der Waals surface area contributed by atoms with Crippen LogP contribution in [0.2, 0.25) is 0 Å². The summed E-state index contributed by atoms with van der Waals surface area (Å²) in [7, 11) is 1.91. The highest BCUT2D eigenvalue weighted by Crippen LogP contribution is 2.22. The van der Waals surface area contributed by atoms with Crippen molar-refractivity contribution in [1.29, 1.82) is 0 Å². The molecule has 1 aromatic carbocycles. The third-order valence-corrected chi connectivity index (χ3v) is 4.61. The zero-order valence-corrected chi connectivity index (χ0v) is 15.5. The molecular weight excluding hydrogens is 355 g/mol. The van der Waals surface area contributed by atoms with Gasteiger partial charge in [-0.1, -0.05) is 12.1 Å². The Morgan fingerprint density at radius 1 is 1.07 bits per heavy atom. The van der Waals surface area contributed by atoms with E-state index < -0.39 is 18.0 Å². The van der Waals surface area contributed by atoms with Crippen molar-refractivity contribution >= 4 is 16.6 Å². The lowest BCUT2D eigenvalue weighted by atomic mass is 10.0. The maximum Gasteiger partial charge on any atom is 0.143 e. The Balaban J connectivity index is 1.63. The number of benzene rings is 1. The van der Waals surface area contributed by atoms with Crippen molar-refractivity contribution in [2.45, 2.75) is 19.7 Å². The number of carbonyl (C=O) groups excluding carboxylic acids is 1. The van der Waals surface area contributed by atoms with E-state index in [-0.39, 0.29) is 12.0 Å². The van der Waals surface area contributed by atoms with E-state index in [9.17, 15) is 9.18 Å². The van der Waals surface area contributed by atoms with Crippen molar-refractivity contribution in [1.82, 2.24) is 19.5 Å². The van der Waals surface area contributed by atoms with Gasteiger partial charge >= 0.3 is 0 Å². The van der Waals surface area contributed by atoms with Crippen LogP contribution in [0, 0.1) is 12.7 Å². The lowest BCUT2D eigenvalue weighted by Gasteiger charge is -2.06. The summed E-state index contributed by atoms with van der Waals surface area (Å²) in [6.45, 7) is 1.91. The Hall–Kier alpha value is -3.41. The first-order chi connectivity index (χ1) is 14.3. The molecule has 0 N–H and O–H groups in total. The molecule has 0 aliphatic heterocycles. The molecule has 0 aliphatic carbocycles. The molecule has 140 valence electrons. The SMILES string of the molecule is [2H]C([2H])(C(=O)Cc1cc2cc(-c3cnc(C)n3C)ncc2cn1)c1ccc(F)cc1. The molecule has 4 rings (SSSR count). The molecule has 0 spiro atoms. The minimum absolute atomic E-state index is 0.118. The van der Waals surface area contributed by atoms with Gasteiger partial charge in [-0.2, -0.15) is 0 Å². The van der Waals surface area contributed by atoms with Crippen LogP contribution < -0.4 is 0 Å². The summed E-state index contributed by atoms with van der Waals surface area (Å²) in [4.78, 5) is 25.7. The fourth-order valence-electron chi connectivity index (χ4n) is 2.96. The van der Waals surface area contributed by atoms with Gasteiger partial charge in [0.15, 0.2) is 0 Å². The molecule has 3 heterocycles. The highest BCUT2D eigenvalue weighted by atomic mass is 19.1. The van der Waals surface area contributed by atoms with Gasteiger partial charge in [-0.25, -0.2) is 9.37 Å². The summed E-state index contributed by atoms with van der Waals surface area (Å²) in [5, 5.41) is 1.66. The highest BCUT2D eigenvalue weighted by molar-refractivity contribution is 5.87. The number of hydrogen-bond donors (Lipinski definition) is 0. The Labute approximate surface area is 164 Å². The number of nitrogens with zero attached hydrogens (tertiary/aromatic N) is 4. The van der Waals surface area contributed by atoms with Crippen LogP contribution in [0.15, 0.2) is 55.0 Å². The van der Waals surface area contributed by atoms with Crippen LogP contribution in [0.1, 0.15) is 19.8 Å². The summed E-state index contributed by atoms with van der Waals surface area (Å²) in [5.41, 5.74) is 2.19. The molecule has 3 aromatic heterocycles. The average molecular weight is 376 g/mol. The predicted octanol–water partition coefficient (Wildman–Crippen LogP) is 3.83. The van der Waals surface area contributed by atoms with Crippen LogP contribution in [-0.2, 0) is 24.6 Å². The van der Waals surface area contributed by atoms with E-state index in [1.807, 2.05) is 24.6 Å². The van der Waals surface area contributed by atoms with Crippen molar-refractivity contribution < 1.29 is 11.9 Å². The molecule has 4 aromatic rings. The smallest absolute Gasteiger partial charge is 0.143 e. The van der Waals surface area contributed by atoms with Gasteiger partial charge in [0.25, 0.3) is 0 Å². The Morgan fingerprint density at radius 2 is 1.82 bits per heavy atom. The zero-order chi connectivity index (χ0) is 21.5. The molecule has 0 fully saturated rings. The maximum atomic E-state index is 13.1. The third kappa shape index (κ3) is 3.67. The molecule has 0 unspecified atom stereocenters. The summed E-state index contributed by atoms with van der Waals surface area (Å²) in [5.74, 6) is -0.250. The molecule has 0 radical (unpaired) electrons. The molecule has 28 heavy (non-hydrogen) atoms. The van der Waals surface area contributed by atoms with Crippen molar-refractivity contribution in [2.75, 3.05) is 0 Å². The van der Waals surface area contributed by atoms with Gasteiger partial charge in [0.05, 0.1) is 17.6 Å². The van der Waals surface area contributed by atoms with Crippen molar-refractivity contribution in [3.8, 4) is 11.4 Å². The third-order valence-electron chi connectivity index (χ3n) is 4.61. The lowest BCUT2D eigenvalue weighted by Crippen LogP contribution is -2.08. The Morgan fingerprint density at radius 3 is 2.54 bits per heavy atom. The maximum absolute atomic E-state index is 13.1. The molecule has 6 heteroatoms. The average Bonchev–Trinajstić information content (AvgIpc) is 3.06. The number of Topliss-reactive ketones (excluding diaryl/α,β-unsaturated/α-hetero) is 1. The van der Waals surface area contributed by atoms with Crippen LogP contribution in [0.25, 0.3) is 22.2 Å². The highest BCUT2D eigenvalue weighted by Gasteiger charge is 2.10. The predicted molar refractivity (Wildman–Crippen MR) is 105 cm³/mol. The normalized spacial score (nSPS) is 12.7. The first kappa shape index (κ1) is 15.6. The Kier molecular flexibility index (Phi) is 4.08. The molecule has 0 saturated carbocycles. The summed E-state index contributed by atoms with van der Waals surface area (Å²) in [6.07, 6.45) is 2.68. The largest absolute Gasteiger partial charge is 0.330 e. The topological polar surface area (TPSA) is 60.7 Å². The standard InChI is InChI=1S/C22H19FN4O/c1-14-24-13-22(27(14)2)21-9-16-8-19(25-11-17(16)12-26-21)10-20(28)7-15-3-5-18(23)6-4-15/h3-6,8-9,11-13H,7,10H2,1-2H3/i7D2. The number of hydrogen-bond acceptors (Lipinski definition) is 4. The number of halogens is 1. The van der Waals surface area contributed by atoms with Crippen LogP contribution >= 0.6 is 0 Å². The van der Waals surface area contributed by atoms with Gasteiger partial charge in [0.1, 0.15) is 17.4 Å². The van der Waals surface area contributed by atoms with E-state index in [2.05, 4.69) is 15.0 Å². The number of carbonyl (C=O) groups is 1. The molecule has 0 bridgehead atoms. The number of aryl methyl sites for hydroxylation is 1. The monoisotopic (exact) mass is 376 g/mol. The second-order valence-electron chi connectivity index (χ2n) is 6.57. The van der Waals surface area contributed by atoms with E-state index >= 15 is 0 Å². The van der Waals surface area contributed by atoms with Crippen LogP contribution in [0.4, 0.5) is 4.39 Å².